The van der Waals surface area contributed by atoms with Crippen LogP contribution in [0.5, 0.6) is 0 Å². The molecule has 1 aliphatic rings. The highest BCUT2D eigenvalue weighted by Gasteiger charge is 2.43. The van der Waals surface area contributed by atoms with Crippen molar-refractivity contribution in [3.63, 3.8) is 0 Å². The Kier molecular flexibility index (Phi) is 5.20. The highest BCUT2D eigenvalue weighted by molar-refractivity contribution is 7.60. The molecular weight excluding hydrogens is 295 g/mol. The van der Waals surface area contributed by atoms with Crippen LogP contribution in [0.15, 0.2) is 11.4 Å². The fourth-order valence-corrected chi connectivity index (χ4v) is 4.31. The van der Waals surface area contributed by atoms with Gasteiger partial charge in [-0.15, -0.1) is 0 Å². The van der Waals surface area contributed by atoms with E-state index < -0.39 is 15.9 Å². The second kappa shape index (κ2) is 5.85. The van der Waals surface area contributed by atoms with Gasteiger partial charge in [-0.25, -0.2) is 0 Å². The lowest BCUT2D eigenvalue weighted by molar-refractivity contribution is -0.115. The van der Waals surface area contributed by atoms with Gasteiger partial charge in [0.25, 0.3) is 0 Å². The Labute approximate surface area is 122 Å². The molecule has 1 atom stereocenters. The Morgan fingerprint density at radius 3 is 2.15 bits per heavy atom. The molecule has 0 heterocycles. The van der Waals surface area contributed by atoms with Crippen molar-refractivity contribution in [1.29, 1.82) is 0 Å². The standard InChI is InChI=1S/C13H25O5PSi/c1-13(2,3)20(6,7)18-10-8-11(14)12(9-10)19(15,16-4)17-5/h9-10H,8H2,1-7H3/t10-/m0/s1. The Morgan fingerprint density at radius 2 is 1.75 bits per heavy atom. The maximum Gasteiger partial charge on any atom is 0.364 e. The van der Waals surface area contributed by atoms with E-state index >= 15 is 0 Å². The van der Waals surface area contributed by atoms with E-state index in [0.29, 0.717) is 0 Å². The Balaban J connectivity index is 2.96. The summed E-state index contributed by atoms with van der Waals surface area (Å²) >= 11 is 0. The molecule has 0 aromatic carbocycles. The summed E-state index contributed by atoms with van der Waals surface area (Å²) in [5.41, 5.74) is 0. The molecule has 0 bridgehead atoms. The molecule has 0 radical (unpaired) electrons. The van der Waals surface area contributed by atoms with Crippen LogP contribution in [0.3, 0.4) is 0 Å². The summed E-state index contributed by atoms with van der Waals surface area (Å²) in [5.74, 6) is -0.222. The lowest BCUT2D eigenvalue weighted by Gasteiger charge is -2.37. The van der Waals surface area contributed by atoms with Crippen molar-refractivity contribution < 1.29 is 22.8 Å². The molecule has 7 heteroatoms. The van der Waals surface area contributed by atoms with Crippen LogP contribution in [-0.4, -0.2) is 34.4 Å². The molecule has 0 unspecified atom stereocenters. The minimum Gasteiger partial charge on any atom is -0.410 e. The van der Waals surface area contributed by atoms with Gasteiger partial charge in [-0.1, -0.05) is 20.8 Å². The first-order chi connectivity index (χ1) is 8.97. The summed E-state index contributed by atoms with van der Waals surface area (Å²) in [6.07, 6.45) is 1.48. The lowest BCUT2D eigenvalue weighted by Crippen LogP contribution is -2.43. The van der Waals surface area contributed by atoms with Crippen molar-refractivity contribution in [2.75, 3.05) is 14.2 Å². The first-order valence-corrected chi connectivity index (χ1v) is 11.1. The molecule has 20 heavy (non-hydrogen) atoms. The number of hydrogen-bond acceptors (Lipinski definition) is 5. The van der Waals surface area contributed by atoms with Crippen molar-refractivity contribution in [2.24, 2.45) is 0 Å². The molecule has 0 fully saturated rings. The SMILES string of the molecule is COP(=O)(OC)C1=C[C@@H](O[Si](C)(C)C(C)(C)C)CC1=O. The minimum absolute atomic E-state index is 0.0544. The van der Waals surface area contributed by atoms with E-state index in [-0.39, 0.29) is 28.7 Å². The fourth-order valence-electron chi connectivity index (χ4n) is 1.76. The van der Waals surface area contributed by atoms with Gasteiger partial charge in [-0.3, -0.25) is 9.36 Å². The van der Waals surface area contributed by atoms with E-state index in [4.69, 9.17) is 13.5 Å². The third-order valence-electron chi connectivity index (χ3n) is 4.04. The van der Waals surface area contributed by atoms with Crippen molar-refractivity contribution in [3.05, 3.63) is 11.4 Å². The molecule has 116 valence electrons. The topological polar surface area (TPSA) is 61.8 Å². The van der Waals surface area contributed by atoms with E-state index in [9.17, 15) is 9.36 Å². The molecule has 0 saturated carbocycles. The van der Waals surface area contributed by atoms with Crippen LogP contribution in [-0.2, 0) is 22.8 Å². The van der Waals surface area contributed by atoms with Crippen LogP contribution in [0.4, 0.5) is 0 Å². The number of ketones is 1. The van der Waals surface area contributed by atoms with Gasteiger partial charge in [-0.2, -0.15) is 0 Å². The predicted molar refractivity (Wildman–Crippen MR) is 81.4 cm³/mol. The van der Waals surface area contributed by atoms with Gasteiger partial charge < -0.3 is 13.5 Å². The van der Waals surface area contributed by atoms with Crippen LogP contribution < -0.4 is 0 Å². The molecular formula is C13H25O5PSi. The van der Waals surface area contributed by atoms with Crippen molar-refractivity contribution in [2.45, 2.75) is 51.4 Å². The summed E-state index contributed by atoms with van der Waals surface area (Å²) in [6.45, 7) is 10.6. The number of rotatable bonds is 5. The molecule has 0 amide bonds. The maximum atomic E-state index is 12.3. The molecule has 0 aliphatic heterocycles. The summed E-state index contributed by atoms with van der Waals surface area (Å²) in [6, 6.07) is 0. The second-order valence-corrected chi connectivity index (χ2v) is 13.4. The molecule has 0 N–H and O–H groups in total. The van der Waals surface area contributed by atoms with Gasteiger partial charge in [0.1, 0.15) is 5.31 Å². The Morgan fingerprint density at radius 1 is 1.25 bits per heavy atom. The average Bonchev–Trinajstić information content (AvgIpc) is 2.67. The quantitative estimate of drug-likeness (QED) is 0.570. The first-order valence-electron chi connectivity index (χ1n) is 6.62. The third-order valence-corrected chi connectivity index (χ3v) is 10.5. The van der Waals surface area contributed by atoms with E-state index in [1.165, 1.54) is 14.2 Å². The highest BCUT2D eigenvalue weighted by Crippen LogP contribution is 2.57. The maximum absolute atomic E-state index is 12.3. The monoisotopic (exact) mass is 320 g/mol. The van der Waals surface area contributed by atoms with Crippen LogP contribution in [0.2, 0.25) is 18.1 Å². The Hall–Kier alpha value is -0.263. The zero-order valence-corrected chi connectivity index (χ0v) is 15.2. The van der Waals surface area contributed by atoms with Gasteiger partial charge in [-0.05, 0) is 24.2 Å². The average molecular weight is 320 g/mol. The van der Waals surface area contributed by atoms with Gasteiger partial charge in [0.05, 0.1) is 6.10 Å². The van der Waals surface area contributed by atoms with Crippen molar-refractivity contribution >= 4 is 21.7 Å². The second-order valence-electron chi connectivity index (χ2n) is 6.46. The molecule has 1 aliphatic carbocycles. The summed E-state index contributed by atoms with van der Waals surface area (Å²) < 4.78 is 28.2. The summed E-state index contributed by atoms with van der Waals surface area (Å²) in [7, 11) is -2.90. The third kappa shape index (κ3) is 3.49. The Bertz CT molecular complexity index is 456. The van der Waals surface area contributed by atoms with Gasteiger partial charge in [0, 0.05) is 20.6 Å². The first kappa shape index (κ1) is 17.8. The van der Waals surface area contributed by atoms with Crippen molar-refractivity contribution in [3.8, 4) is 0 Å². The summed E-state index contributed by atoms with van der Waals surface area (Å²) in [4.78, 5) is 12.0. The predicted octanol–water partition coefficient (Wildman–Crippen LogP) is 3.72. The van der Waals surface area contributed by atoms with Crippen LogP contribution in [0.25, 0.3) is 0 Å². The summed E-state index contributed by atoms with van der Waals surface area (Å²) in [5, 5.41) is 0.171. The molecule has 0 spiro atoms. The molecule has 5 nitrogen and oxygen atoms in total. The molecule has 0 aromatic heterocycles. The zero-order chi connectivity index (χ0) is 15.8. The normalized spacial score (nSPS) is 21.2. The zero-order valence-electron chi connectivity index (χ0n) is 13.4. The molecule has 0 aromatic rings. The van der Waals surface area contributed by atoms with Gasteiger partial charge in [0.15, 0.2) is 14.1 Å². The fraction of sp³-hybridized carbons (Fsp3) is 0.769. The number of allylic oxidation sites excluding steroid dienone is 1. The van der Waals surface area contributed by atoms with Gasteiger partial charge in [0.2, 0.25) is 0 Å². The van der Waals surface area contributed by atoms with Crippen LogP contribution in [0.1, 0.15) is 27.2 Å². The molecule has 1 rings (SSSR count). The van der Waals surface area contributed by atoms with E-state index in [1.54, 1.807) is 6.08 Å². The largest absolute Gasteiger partial charge is 0.410 e. The number of hydrogen-bond donors (Lipinski definition) is 0. The van der Waals surface area contributed by atoms with E-state index in [0.717, 1.165) is 0 Å². The highest BCUT2D eigenvalue weighted by atomic mass is 31.2. The van der Waals surface area contributed by atoms with Crippen LogP contribution in [0, 0.1) is 0 Å². The van der Waals surface area contributed by atoms with E-state index in [2.05, 4.69) is 33.9 Å². The smallest absolute Gasteiger partial charge is 0.364 e. The number of carbonyl (C=O) groups excluding carboxylic acids is 1. The number of Topliss-reactive ketones (excluding diaryl/α,β-unsaturated/α-hetero) is 1. The lowest BCUT2D eigenvalue weighted by atomic mass is 10.2. The van der Waals surface area contributed by atoms with E-state index in [1.807, 2.05) is 0 Å². The van der Waals surface area contributed by atoms with Crippen molar-refractivity contribution in [1.82, 2.24) is 0 Å². The minimum atomic E-state index is -3.48. The van der Waals surface area contributed by atoms with Gasteiger partial charge >= 0.3 is 7.60 Å². The number of carbonyl (C=O) groups is 1. The van der Waals surface area contributed by atoms with Crippen LogP contribution >= 0.6 is 7.60 Å². The molecule has 0 saturated heterocycles.